The molecule has 1 amide bonds. The molecule has 0 atom stereocenters. The van der Waals surface area contributed by atoms with E-state index in [0.29, 0.717) is 33.3 Å². The molecule has 0 radical (unpaired) electrons. The molecular weight excluding hydrogens is 418 g/mol. The molecule has 2 N–H and O–H groups in total. The number of carbonyl (C=O) groups is 1. The zero-order valence-electron chi connectivity index (χ0n) is 16.3. The van der Waals surface area contributed by atoms with Crippen LogP contribution in [-0.4, -0.2) is 16.0 Å². The van der Waals surface area contributed by atoms with Gasteiger partial charge in [-0.2, -0.15) is 0 Å². The molecule has 0 saturated carbocycles. The highest BCUT2D eigenvalue weighted by Gasteiger charge is 2.14. The zero-order valence-corrected chi connectivity index (χ0v) is 17.9. The van der Waals surface area contributed by atoms with Crippen LogP contribution in [0.2, 0.25) is 5.02 Å². The second-order valence-electron chi connectivity index (χ2n) is 6.97. The van der Waals surface area contributed by atoms with E-state index in [1.807, 2.05) is 56.3 Å². The number of thiocarbonyl (C=S) groups is 1. The number of amides is 1. The Morgan fingerprint density at radius 1 is 1.03 bits per heavy atom. The lowest BCUT2D eigenvalue weighted by Gasteiger charge is -2.11. The van der Waals surface area contributed by atoms with Crippen LogP contribution in [0, 0.1) is 13.8 Å². The first-order valence-electron chi connectivity index (χ1n) is 9.25. The van der Waals surface area contributed by atoms with E-state index in [0.717, 1.165) is 16.6 Å². The highest BCUT2D eigenvalue weighted by Crippen LogP contribution is 2.32. The summed E-state index contributed by atoms with van der Waals surface area (Å²) >= 11 is 11.7. The van der Waals surface area contributed by atoms with Gasteiger partial charge in [0, 0.05) is 11.3 Å². The van der Waals surface area contributed by atoms with Gasteiger partial charge in [-0.1, -0.05) is 40.9 Å². The number of fused-ring (bicyclic) bond motifs is 1. The molecule has 0 bridgehead atoms. The van der Waals surface area contributed by atoms with Crippen LogP contribution in [0.5, 0.6) is 0 Å². The Kier molecular flexibility index (Phi) is 5.53. The molecule has 0 unspecified atom stereocenters. The molecule has 1 aromatic heterocycles. The molecule has 5 nitrogen and oxygen atoms in total. The standard InChI is InChI=1S/C23H18ClN3O2S/c1-13-9-14(2)11-15(10-13)21(28)27-23(30)25-16-7-8-18(24)17(12-16)22-26-19-5-3-4-6-20(19)29-22/h3-12H,1-2H3,(H2,25,27,28,30). The highest BCUT2D eigenvalue weighted by atomic mass is 35.5. The molecule has 3 aromatic carbocycles. The summed E-state index contributed by atoms with van der Waals surface area (Å²) in [6, 6.07) is 18.4. The van der Waals surface area contributed by atoms with E-state index in [4.69, 9.17) is 28.2 Å². The van der Waals surface area contributed by atoms with E-state index in [9.17, 15) is 4.79 Å². The number of aryl methyl sites for hydroxylation is 2. The van der Waals surface area contributed by atoms with Gasteiger partial charge in [-0.15, -0.1) is 0 Å². The van der Waals surface area contributed by atoms with Gasteiger partial charge in [-0.25, -0.2) is 4.98 Å². The average molecular weight is 436 g/mol. The summed E-state index contributed by atoms with van der Waals surface area (Å²) in [6.07, 6.45) is 0. The second kappa shape index (κ2) is 8.26. The molecule has 7 heteroatoms. The lowest BCUT2D eigenvalue weighted by Crippen LogP contribution is -2.34. The van der Waals surface area contributed by atoms with Gasteiger partial charge in [0.05, 0.1) is 10.6 Å². The molecule has 0 aliphatic carbocycles. The maximum absolute atomic E-state index is 12.5. The van der Waals surface area contributed by atoms with Crippen LogP contribution in [-0.2, 0) is 0 Å². The van der Waals surface area contributed by atoms with Crippen LogP contribution in [0.3, 0.4) is 0 Å². The summed E-state index contributed by atoms with van der Waals surface area (Å²) in [5, 5.41) is 6.40. The first-order chi connectivity index (χ1) is 14.4. The average Bonchev–Trinajstić information content (AvgIpc) is 3.12. The van der Waals surface area contributed by atoms with Crippen LogP contribution in [0.25, 0.3) is 22.6 Å². The van der Waals surface area contributed by atoms with Gasteiger partial charge in [0.25, 0.3) is 5.91 Å². The minimum Gasteiger partial charge on any atom is -0.436 e. The Morgan fingerprint density at radius 3 is 2.50 bits per heavy atom. The summed E-state index contributed by atoms with van der Waals surface area (Å²) < 4.78 is 5.81. The number of rotatable bonds is 3. The van der Waals surface area contributed by atoms with Crippen molar-refractivity contribution in [3.8, 4) is 11.5 Å². The van der Waals surface area contributed by atoms with Crippen molar-refractivity contribution in [2.75, 3.05) is 5.32 Å². The predicted molar refractivity (Wildman–Crippen MR) is 124 cm³/mol. The number of hydrogen-bond donors (Lipinski definition) is 2. The summed E-state index contributed by atoms with van der Waals surface area (Å²) in [5.74, 6) is 0.141. The maximum Gasteiger partial charge on any atom is 0.257 e. The number of oxazole rings is 1. The smallest absolute Gasteiger partial charge is 0.257 e. The zero-order chi connectivity index (χ0) is 21.3. The first-order valence-corrected chi connectivity index (χ1v) is 10.0. The third-order valence-corrected chi connectivity index (χ3v) is 4.99. The number of halogens is 1. The van der Waals surface area contributed by atoms with E-state index in [1.54, 1.807) is 18.2 Å². The van der Waals surface area contributed by atoms with E-state index < -0.39 is 0 Å². The molecule has 30 heavy (non-hydrogen) atoms. The Bertz CT molecular complexity index is 1230. The first kappa shape index (κ1) is 20.1. The van der Waals surface area contributed by atoms with Gasteiger partial charge in [0.1, 0.15) is 5.52 Å². The number of aromatic nitrogens is 1. The number of anilines is 1. The Labute approximate surface area is 184 Å². The molecule has 1 heterocycles. The molecule has 0 spiro atoms. The molecule has 4 rings (SSSR count). The van der Waals surface area contributed by atoms with Gasteiger partial charge >= 0.3 is 0 Å². The maximum atomic E-state index is 12.5. The van der Waals surface area contributed by atoms with Crippen molar-refractivity contribution in [3.63, 3.8) is 0 Å². The Balaban J connectivity index is 1.52. The summed E-state index contributed by atoms with van der Waals surface area (Å²) in [7, 11) is 0. The number of nitrogens with zero attached hydrogens (tertiary/aromatic N) is 1. The quantitative estimate of drug-likeness (QED) is 0.392. The lowest BCUT2D eigenvalue weighted by molar-refractivity contribution is 0.0977. The van der Waals surface area contributed by atoms with Crippen LogP contribution in [0.1, 0.15) is 21.5 Å². The van der Waals surface area contributed by atoms with Crippen LogP contribution in [0.15, 0.2) is 65.1 Å². The summed E-state index contributed by atoms with van der Waals surface area (Å²) in [6.45, 7) is 3.89. The highest BCUT2D eigenvalue weighted by molar-refractivity contribution is 7.80. The van der Waals surface area contributed by atoms with Crippen LogP contribution in [0.4, 0.5) is 5.69 Å². The number of nitrogens with one attached hydrogen (secondary N) is 2. The number of para-hydroxylation sites is 2. The van der Waals surface area contributed by atoms with Crippen LogP contribution >= 0.6 is 23.8 Å². The van der Waals surface area contributed by atoms with Crippen molar-refractivity contribution in [1.29, 1.82) is 0 Å². The summed E-state index contributed by atoms with van der Waals surface area (Å²) in [5.41, 5.74) is 5.29. The van der Waals surface area contributed by atoms with Crippen molar-refractivity contribution in [3.05, 3.63) is 82.4 Å². The number of hydrogen-bond acceptors (Lipinski definition) is 4. The van der Waals surface area contributed by atoms with Crippen molar-refractivity contribution in [2.45, 2.75) is 13.8 Å². The monoisotopic (exact) mass is 435 g/mol. The van der Waals surface area contributed by atoms with E-state index in [-0.39, 0.29) is 11.0 Å². The SMILES string of the molecule is Cc1cc(C)cc(C(=O)NC(=S)Nc2ccc(Cl)c(-c3nc4ccccc4o3)c2)c1. The fourth-order valence-corrected chi connectivity index (χ4v) is 3.61. The molecule has 0 aliphatic rings. The fourth-order valence-electron chi connectivity index (χ4n) is 3.20. The Hall–Kier alpha value is -3.22. The van der Waals surface area contributed by atoms with Gasteiger partial charge in [0.2, 0.25) is 5.89 Å². The van der Waals surface area contributed by atoms with Gasteiger partial charge in [-0.05, 0) is 68.5 Å². The Morgan fingerprint density at radius 2 is 1.77 bits per heavy atom. The third-order valence-electron chi connectivity index (χ3n) is 4.46. The van der Waals surface area contributed by atoms with Gasteiger partial charge < -0.3 is 9.73 Å². The molecule has 0 aliphatic heterocycles. The topological polar surface area (TPSA) is 67.2 Å². The van der Waals surface area contributed by atoms with Crippen molar-refractivity contribution >= 4 is 51.6 Å². The normalized spacial score (nSPS) is 10.8. The van der Waals surface area contributed by atoms with Crippen molar-refractivity contribution in [1.82, 2.24) is 10.3 Å². The van der Waals surface area contributed by atoms with Crippen molar-refractivity contribution < 1.29 is 9.21 Å². The van der Waals surface area contributed by atoms with Gasteiger partial charge in [0.15, 0.2) is 10.7 Å². The fraction of sp³-hybridized carbons (Fsp3) is 0.0870. The molecule has 0 fully saturated rings. The molecular formula is C23H18ClN3O2S. The van der Waals surface area contributed by atoms with E-state index in [2.05, 4.69) is 15.6 Å². The van der Waals surface area contributed by atoms with Gasteiger partial charge in [-0.3, -0.25) is 10.1 Å². The largest absolute Gasteiger partial charge is 0.436 e. The van der Waals surface area contributed by atoms with E-state index >= 15 is 0 Å². The second-order valence-corrected chi connectivity index (χ2v) is 7.78. The number of carbonyl (C=O) groups excluding carboxylic acids is 1. The lowest BCUT2D eigenvalue weighted by atomic mass is 10.1. The van der Waals surface area contributed by atoms with Crippen molar-refractivity contribution in [2.24, 2.45) is 0 Å². The molecule has 0 saturated heterocycles. The minimum absolute atomic E-state index is 0.185. The van der Waals surface area contributed by atoms with E-state index in [1.165, 1.54) is 0 Å². The summed E-state index contributed by atoms with van der Waals surface area (Å²) in [4.78, 5) is 17.0. The minimum atomic E-state index is -0.271. The number of benzene rings is 3. The predicted octanol–water partition coefficient (Wildman–Crippen LogP) is 5.89. The molecule has 150 valence electrons. The van der Waals surface area contributed by atoms with Crippen LogP contribution < -0.4 is 10.6 Å². The third kappa shape index (κ3) is 4.35. The molecule has 4 aromatic rings.